The van der Waals surface area contributed by atoms with E-state index in [0.29, 0.717) is 28.3 Å². The Balaban J connectivity index is 1.79. The summed E-state index contributed by atoms with van der Waals surface area (Å²) in [6, 6.07) is 17.4. The van der Waals surface area contributed by atoms with Crippen molar-refractivity contribution in [3.8, 4) is 0 Å². The van der Waals surface area contributed by atoms with Crippen LogP contribution in [0.4, 0.5) is 5.69 Å². The average Bonchev–Trinajstić information content (AvgIpc) is 2.76. The van der Waals surface area contributed by atoms with Crippen LogP contribution >= 0.6 is 23.5 Å². The van der Waals surface area contributed by atoms with Crippen molar-refractivity contribution in [1.29, 1.82) is 0 Å². The fraction of sp³-hybridized carbons (Fsp3) is 0.269. The van der Waals surface area contributed by atoms with Crippen molar-refractivity contribution < 1.29 is 9.59 Å². The fourth-order valence-electron chi connectivity index (χ4n) is 3.35. The molecule has 0 aliphatic rings. The van der Waals surface area contributed by atoms with Crippen LogP contribution in [0.2, 0.25) is 5.02 Å². The Labute approximate surface area is 204 Å². The number of nitrogens with zero attached hydrogens (tertiary/aromatic N) is 2. The largest absolute Gasteiger partial charge is 0.325 e. The Kier molecular flexibility index (Phi) is 7.82. The van der Waals surface area contributed by atoms with Crippen molar-refractivity contribution in [3.05, 3.63) is 87.7 Å². The van der Waals surface area contributed by atoms with Gasteiger partial charge in [-0.15, -0.1) is 0 Å². The maximum absolute atomic E-state index is 13.2. The van der Waals surface area contributed by atoms with E-state index in [1.165, 1.54) is 17.5 Å². The van der Waals surface area contributed by atoms with Gasteiger partial charge in [0.05, 0.1) is 22.8 Å². The van der Waals surface area contributed by atoms with E-state index in [2.05, 4.69) is 54.7 Å². The van der Waals surface area contributed by atoms with Crippen LogP contribution in [-0.4, -0.2) is 22.2 Å². The number of hydrogen-bond donors (Lipinski definition) is 1. The van der Waals surface area contributed by atoms with Crippen molar-refractivity contribution in [2.45, 2.75) is 51.5 Å². The topological polar surface area (TPSA) is 62.3 Å². The zero-order valence-electron chi connectivity index (χ0n) is 19.5. The van der Waals surface area contributed by atoms with Crippen LogP contribution in [0, 0.1) is 13.8 Å². The van der Waals surface area contributed by atoms with Crippen LogP contribution in [0.15, 0.2) is 59.5 Å². The standard InChI is InChI=1S/C26H28ClN3O2S/c1-17-7-6-8-20(28-17)15-30(16-31)25(32)24-18(2)23(14-13-22(24)27)29-33-21-11-9-19(10-12-21)26(3,4)5/h6-14,16,29H,15H2,1-5H3. The average molecular weight is 482 g/mol. The number of aryl methyl sites for hydroxylation is 1. The normalized spacial score (nSPS) is 11.2. The quantitative estimate of drug-likeness (QED) is 0.305. The first-order valence-corrected chi connectivity index (χ1v) is 11.8. The lowest BCUT2D eigenvalue weighted by atomic mass is 9.87. The number of rotatable bonds is 7. The van der Waals surface area contributed by atoms with E-state index in [9.17, 15) is 9.59 Å². The zero-order chi connectivity index (χ0) is 24.2. The molecule has 0 saturated heterocycles. The molecule has 0 spiro atoms. The maximum Gasteiger partial charge on any atom is 0.262 e. The van der Waals surface area contributed by atoms with Gasteiger partial charge in [-0.05, 0) is 78.7 Å². The predicted molar refractivity (Wildman–Crippen MR) is 136 cm³/mol. The molecule has 33 heavy (non-hydrogen) atoms. The lowest BCUT2D eigenvalue weighted by Gasteiger charge is -2.20. The first-order valence-electron chi connectivity index (χ1n) is 10.6. The summed E-state index contributed by atoms with van der Waals surface area (Å²) in [4.78, 5) is 31.5. The SMILES string of the molecule is Cc1cccc(CN(C=O)C(=O)c2c(Cl)ccc(NSc3ccc(C(C)(C)C)cc3)c2C)n1. The van der Waals surface area contributed by atoms with Crippen molar-refractivity contribution in [2.24, 2.45) is 0 Å². The van der Waals surface area contributed by atoms with Gasteiger partial charge in [-0.3, -0.25) is 19.5 Å². The monoisotopic (exact) mass is 481 g/mol. The van der Waals surface area contributed by atoms with E-state index in [-0.39, 0.29) is 12.0 Å². The number of pyridine rings is 1. The second-order valence-electron chi connectivity index (χ2n) is 8.88. The lowest BCUT2D eigenvalue weighted by molar-refractivity contribution is -0.116. The minimum absolute atomic E-state index is 0.0757. The molecule has 3 rings (SSSR count). The van der Waals surface area contributed by atoms with E-state index >= 15 is 0 Å². The van der Waals surface area contributed by atoms with Crippen LogP contribution in [0.5, 0.6) is 0 Å². The predicted octanol–water partition coefficient (Wildman–Crippen LogP) is 6.57. The van der Waals surface area contributed by atoms with Gasteiger partial charge in [-0.2, -0.15) is 0 Å². The van der Waals surface area contributed by atoms with Gasteiger partial charge in [-0.25, -0.2) is 0 Å². The molecule has 0 aliphatic carbocycles. The van der Waals surface area contributed by atoms with E-state index in [1.54, 1.807) is 12.1 Å². The minimum atomic E-state index is -0.459. The van der Waals surface area contributed by atoms with E-state index < -0.39 is 5.91 Å². The molecule has 0 unspecified atom stereocenters. The highest BCUT2D eigenvalue weighted by Crippen LogP contribution is 2.32. The molecule has 3 aromatic rings. The molecule has 1 heterocycles. The number of carbonyl (C=O) groups excluding carboxylic acids is 2. The third-order valence-electron chi connectivity index (χ3n) is 5.29. The zero-order valence-corrected chi connectivity index (χ0v) is 21.1. The summed E-state index contributed by atoms with van der Waals surface area (Å²) in [5.74, 6) is -0.459. The first kappa shape index (κ1) is 24.8. The van der Waals surface area contributed by atoms with Gasteiger partial charge in [0, 0.05) is 16.3 Å². The van der Waals surface area contributed by atoms with E-state index in [4.69, 9.17) is 11.6 Å². The summed E-state index contributed by atoms with van der Waals surface area (Å²) in [7, 11) is 0. The van der Waals surface area contributed by atoms with Crippen molar-refractivity contribution in [1.82, 2.24) is 9.88 Å². The number of hydrogen-bond acceptors (Lipinski definition) is 5. The number of carbonyl (C=O) groups is 2. The van der Waals surface area contributed by atoms with E-state index in [1.807, 2.05) is 32.0 Å². The Morgan fingerprint density at radius 1 is 1.09 bits per heavy atom. The van der Waals surface area contributed by atoms with Gasteiger partial charge >= 0.3 is 0 Å². The highest BCUT2D eigenvalue weighted by Gasteiger charge is 2.23. The molecule has 0 radical (unpaired) electrons. The molecule has 0 saturated carbocycles. The number of halogens is 1. The van der Waals surface area contributed by atoms with Gasteiger partial charge in [0.15, 0.2) is 0 Å². The lowest BCUT2D eigenvalue weighted by Crippen LogP contribution is -2.30. The van der Waals surface area contributed by atoms with Crippen LogP contribution in [-0.2, 0) is 16.8 Å². The van der Waals surface area contributed by atoms with Crippen LogP contribution in [0.25, 0.3) is 0 Å². The minimum Gasteiger partial charge on any atom is -0.325 e. The summed E-state index contributed by atoms with van der Waals surface area (Å²) < 4.78 is 3.31. The van der Waals surface area contributed by atoms with Gasteiger partial charge in [0.25, 0.3) is 5.91 Å². The van der Waals surface area contributed by atoms with E-state index in [0.717, 1.165) is 21.2 Å². The summed E-state index contributed by atoms with van der Waals surface area (Å²) in [5.41, 5.74) is 4.54. The molecule has 7 heteroatoms. The fourth-order valence-corrected chi connectivity index (χ4v) is 4.36. The number of anilines is 1. The van der Waals surface area contributed by atoms with Gasteiger partial charge in [0.1, 0.15) is 0 Å². The number of benzene rings is 2. The Morgan fingerprint density at radius 3 is 2.39 bits per heavy atom. The highest BCUT2D eigenvalue weighted by atomic mass is 35.5. The Morgan fingerprint density at radius 2 is 1.79 bits per heavy atom. The van der Waals surface area contributed by atoms with Gasteiger partial charge < -0.3 is 4.72 Å². The molecule has 0 atom stereocenters. The van der Waals surface area contributed by atoms with Crippen molar-refractivity contribution >= 4 is 41.6 Å². The Bertz CT molecular complexity index is 1160. The Hall–Kier alpha value is -2.83. The van der Waals surface area contributed by atoms with Gasteiger partial charge in [-0.1, -0.05) is 50.6 Å². The molecule has 0 fully saturated rings. The molecular formula is C26H28ClN3O2S. The molecule has 0 bridgehead atoms. The number of nitrogens with one attached hydrogen (secondary N) is 1. The molecule has 2 aromatic carbocycles. The van der Waals surface area contributed by atoms with Crippen molar-refractivity contribution in [3.63, 3.8) is 0 Å². The second-order valence-corrected chi connectivity index (χ2v) is 10.2. The van der Waals surface area contributed by atoms with Crippen molar-refractivity contribution in [2.75, 3.05) is 4.72 Å². The third-order valence-corrected chi connectivity index (χ3v) is 6.44. The third kappa shape index (κ3) is 6.15. The van der Waals surface area contributed by atoms with Crippen LogP contribution < -0.4 is 4.72 Å². The number of aromatic nitrogens is 1. The number of amides is 2. The molecule has 1 aromatic heterocycles. The maximum atomic E-state index is 13.2. The number of imide groups is 1. The van der Waals surface area contributed by atoms with Gasteiger partial charge in [0.2, 0.25) is 6.41 Å². The van der Waals surface area contributed by atoms with Crippen LogP contribution in [0.1, 0.15) is 53.6 Å². The summed E-state index contributed by atoms with van der Waals surface area (Å²) >= 11 is 7.84. The highest BCUT2D eigenvalue weighted by molar-refractivity contribution is 8.00. The summed E-state index contributed by atoms with van der Waals surface area (Å²) in [5, 5.41) is 0.298. The summed E-state index contributed by atoms with van der Waals surface area (Å²) in [6.45, 7) is 10.3. The molecule has 0 aliphatic heterocycles. The van der Waals surface area contributed by atoms with Crippen LogP contribution in [0.3, 0.4) is 0 Å². The molecular weight excluding hydrogens is 454 g/mol. The smallest absolute Gasteiger partial charge is 0.262 e. The molecule has 172 valence electrons. The molecule has 1 N–H and O–H groups in total. The first-order chi connectivity index (χ1) is 15.6. The summed E-state index contributed by atoms with van der Waals surface area (Å²) in [6.07, 6.45) is 0.522. The molecule has 5 nitrogen and oxygen atoms in total. The molecule has 2 amide bonds. The second kappa shape index (κ2) is 10.4.